The number of rotatable bonds is 5. The van der Waals surface area contributed by atoms with E-state index in [1.54, 1.807) is 11.3 Å². The molecule has 0 spiro atoms. The number of nitrogens with zero attached hydrogens (tertiary/aromatic N) is 1. The summed E-state index contributed by atoms with van der Waals surface area (Å²) in [6.45, 7) is 4.43. The summed E-state index contributed by atoms with van der Waals surface area (Å²) in [5.41, 5.74) is 2.70. The van der Waals surface area contributed by atoms with Crippen molar-refractivity contribution in [3.63, 3.8) is 0 Å². The van der Waals surface area contributed by atoms with Crippen LogP contribution in [0.2, 0.25) is 0 Å². The molecule has 2 nitrogen and oxygen atoms in total. The molecule has 2 aromatic rings. The molecule has 2 atom stereocenters. The number of aromatic nitrogens is 1. The Kier molecular flexibility index (Phi) is 4.29. The van der Waals surface area contributed by atoms with Crippen LogP contribution in [0.3, 0.4) is 0 Å². The third-order valence-corrected chi connectivity index (χ3v) is 3.59. The number of pyridine rings is 1. The first kappa shape index (κ1) is 12.3. The van der Waals surface area contributed by atoms with Gasteiger partial charge in [-0.15, -0.1) is 0 Å². The van der Waals surface area contributed by atoms with Crippen LogP contribution >= 0.6 is 11.3 Å². The van der Waals surface area contributed by atoms with Crippen molar-refractivity contribution < 1.29 is 0 Å². The largest absolute Gasteiger partial charge is 0.307 e. The van der Waals surface area contributed by atoms with Gasteiger partial charge in [0.1, 0.15) is 0 Å². The van der Waals surface area contributed by atoms with Crippen LogP contribution < -0.4 is 5.32 Å². The lowest BCUT2D eigenvalue weighted by Gasteiger charge is -2.19. The van der Waals surface area contributed by atoms with Crippen molar-refractivity contribution in [3.8, 4) is 0 Å². The topological polar surface area (TPSA) is 24.9 Å². The van der Waals surface area contributed by atoms with Crippen molar-refractivity contribution in [2.24, 2.45) is 0 Å². The molecule has 2 unspecified atom stereocenters. The Morgan fingerprint density at radius 2 is 2.00 bits per heavy atom. The highest BCUT2D eigenvalue weighted by molar-refractivity contribution is 7.07. The van der Waals surface area contributed by atoms with E-state index in [2.05, 4.69) is 53.1 Å². The molecule has 0 fully saturated rings. The fourth-order valence-electron chi connectivity index (χ4n) is 2.00. The Labute approximate surface area is 107 Å². The molecule has 0 radical (unpaired) electrons. The third-order valence-electron chi connectivity index (χ3n) is 2.86. The lowest BCUT2D eigenvalue weighted by molar-refractivity contribution is 0.477. The first-order chi connectivity index (χ1) is 8.25. The van der Waals surface area contributed by atoms with Gasteiger partial charge in [-0.3, -0.25) is 4.98 Å². The molecule has 3 heteroatoms. The summed E-state index contributed by atoms with van der Waals surface area (Å²) in [7, 11) is 0. The van der Waals surface area contributed by atoms with E-state index in [4.69, 9.17) is 0 Å². The van der Waals surface area contributed by atoms with Crippen LogP contribution in [0.15, 0.2) is 41.4 Å². The van der Waals surface area contributed by atoms with Gasteiger partial charge in [-0.25, -0.2) is 0 Å². The lowest BCUT2D eigenvalue weighted by Crippen LogP contribution is -2.30. The average Bonchev–Trinajstić information content (AvgIpc) is 2.82. The predicted molar refractivity (Wildman–Crippen MR) is 73.3 cm³/mol. The first-order valence-corrected chi connectivity index (χ1v) is 6.87. The minimum atomic E-state index is 0.367. The van der Waals surface area contributed by atoms with Crippen LogP contribution in [0.4, 0.5) is 0 Å². The van der Waals surface area contributed by atoms with Crippen molar-refractivity contribution in [2.75, 3.05) is 0 Å². The normalized spacial score (nSPS) is 14.5. The van der Waals surface area contributed by atoms with E-state index in [1.807, 2.05) is 12.4 Å². The molecule has 0 aliphatic carbocycles. The minimum Gasteiger partial charge on any atom is -0.307 e. The highest BCUT2D eigenvalue weighted by Gasteiger charge is 2.09. The molecule has 17 heavy (non-hydrogen) atoms. The standard InChI is InChI=1S/C14H18N2S/c1-11(9-13-5-8-17-10-13)16-12(2)14-3-6-15-7-4-14/h3-8,10-12,16H,9H2,1-2H3. The number of thiophene rings is 1. The SMILES string of the molecule is CC(Cc1ccsc1)NC(C)c1ccncc1. The Morgan fingerprint density at radius 1 is 1.24 bits per heavy atom. The number of nitrogens with one attached hydrogen (secondary N) is 1. The van der Waals surface area contributed by atoms with Gasteiger partial charge in [0.25, 0.3) is 0 Å². The molecule has 0 bridgehead atoms. The summed E-state index contributed by atoms with van der Waals surface area (Å²) in [6, 6.07) is 7.17. The van der Waals surface area contributed by atoms with E-state index in [0.29, 0.717) is 12.1 Å². The second-order valence-corrected chi connectivity index (χ2v) is 5.19. The summed E-state index contributed by atoms with van der Waals surface area (Å²) in [6.07, 6.45) is 4.77. The maximum absolute atomic E-state index is 4.04. The molecule has 0 saturated heterocycles. The molecular formula is C14H18N2S. The van der Waals surface area contributed by atoms with Gasteiger partial charge in [0.2, 0.25) is 0 Å². The summed E-state index contributed by atoms with van der Waals surface area (Å²) in [4.78, 5) is 4.04. The van der Waals surface area contributed by atoms with Crippen LogP contribution in [0.25, 0.3) is 0 Å². The van der Waals surface area contributed by atoms with Crippen molar-refractivity contribution in [3.05, 3.63) is 52.5 Å². The van der Waals surface area contributed by atoms with E-state index in [-0.39, 0.29) is 0 Å². The number of hydrogen-bond donors (Lipinski definition) is 1. The van der Waals surface area contributed by atoms with E-state index in [0.717, 1.165) is 6.42 Å². The van der Waals surface area contributed by atoms with Crippen molar-refractivity contribution in [2.45, 2.75) is 32.4 Å². The molecule has 90 valence electrons. The smallest absolute Gasteiger partial charge is 0.0295 e. The molecule has 0 saturated carbocycles. The van der Waals surface area contributed by atoms with E-state index >= 15 is 0 Å². The molecule has 2 heterocycles. The highest BCUT2D eigenvalue weighted by atomic mass is 32.1. The Morgan fingerprint density at radius 3 is 2.65 bits per heavy atom. The lowest BCUT2D eigenvalue weighted by atomic mass is 10.1. The fraction of sp³-hybridized carbons (Fsp3) is 0.357. The molecule has 0 amide bonds. The van der Waals surface area contributed by atoms with Crippen LogP contribution in [0, 0.1) is 0 Å². The maximum Gasteiger partial charge on any atom is 0.0295 e. The Hall–Kier alpha value is -1.19. The summed E-state index contributed by atoms with van der Waals surface area (Å²) >= 11 is 1.76. The highest BCUT2D eigenvalue weighted by Crippen LogP contribution is 2.14. The Balaban J connectivity index is 1.88. The molecule has 2 rings (SSSR count). The summed E-state index contributed by atoms with van der Waals surface area (Å²) in [5, 5.41) is 7.96. The molecular weight excluding hydrogens is 228 g/mol. The van der Waals surface area contributed by atoms with Gasteiger partial charge in [0, 0.05) is 24.5 Å². The van der Waals surface area contributed by atoms with Crippen molar-refractivity contribution in [1.82, 2.24) is 10.3 Å². The van der Waals surface area contributed by atoms with E-state index in [1.165, 1.54) is 11.1 Å². The second kappa shape index (κ2) is 5.94. The van der Waals surface area contributed by atoms with Crippen LogP contribution in [0.5, 0.6) is 0 Å². The third kappa shape index (κ3) is 3.65. The molecule has 0 aromatic carbocycles. The molecule has 1 N–H and O–H groups in total. The van der Waals surface area contributed by atoms with Crippen LogP contribution in [0.1, 0.15) is 31.0 Å². The monoisotopic (exact) mass is 246 g/mol. The van der Waals surface area contributed by atoms with Crippen LogP contribution in [-0.2, 0) is 6.42 Å². The quantitative estimate of drug-likeness (QED) is 0.874. The van der Waals surface area contributed by atoms with Gasteiger partial charge in [0.05, 0.1) is 0 Å². The van der Waals surface area contributed by atoms with Gasteiger partial charge in [0.15, 0.2) is 0 Å². The van der Waals surface area contributed by atoms with Gasteiger partial charge in [-0.05, 0) is 60.4 Å². The zero-order chi connectivity index (χ0) is 12.1. The van der Waals surface area contributed by atoms with E-state index in [9.17, 15) is 0 Å². The van der Waals surface area contributed by atoms with Crippen molar-refractivity contribution in [1.29, 1.82) is 0 Å². The van der Waals surface area contributed by atoms with Crippen LogP contribution in [-0.4, -0.2) is 11.0 Å². The second-order valence-electron chi connectivity index (χ2n) is 4.41. The molecule has 0 aliphatic heterocycles. The van der Waals surface area contributed by atoms with Gasteiger partial charge >= 0.3 is 0 Å². The predicted octanol–water partition coefficient (Wildman–Crippen LogP) is 3.42. The molecule has 2 aromatic heterocycles. The first-order valence-electron chi connectivity index (χ1n) is 5.93. The van der Waals surface area contributed by atoms with Gasteiger partial charge in [-0.2, -0.15) is 11.3 Å². The minimum absolute atomic E-state index is 0.367. The number of hydrogen-bond acceptors (Lipinski definition) is 3. The summed E-state index contributed by atoms with van der Waals surface area (Å²) in [5.74, 6) is 0. The Bertz CT molecular complexity index is 425. The van der Waals surface area contributed by atoms with Crippen molar-refractivity contribution >= 4 is 11.3 Å². The maximum atomic E-state index is 4.04. The summed E-state index contributed by atoms with van der Waals surface area (Å²) < 4.78 is 0. The van der Waals surface area contributed by atoms with Gasteiger partial charge < -0.3 is 5.32 Å². The fourth-order valence-corrected chi connectivity index (χ4v) is 2.68. The zero-order valence-electron chi connectivity index (χ0n) is 10.3. The zero-order valence-corrected chi connectivity index (χ0v) is 11.1. The van der Waals surface area contributed by atoms with E-state index < -0.39 is 0 Å². The molecule has 0 aliphatic rings. The van der Waals surface area contributed by atoms with Gasteiger partial charge in [-0.1, -0.05) is 0 Å². The average molecular weight is 246 g/mol.